The fourth-order valence-corrected chi connectivity index (χ4v) is 13.0. The van der Waals surface area contributed by atoms with Crippen molar-refractivity contribution in [2.45, 2.75) is 123 Å². The summed E-state index contributed by atoms with van der Waals surface area (Å²) < 4.78 is 40.9. The van der Waals surface area contributed by atoms with Crippen LogP contribution in [0.5, 0.6) is 0 Å². The summed E-state index contributed by atoms with van der Waals surface area (Å²) in [6, 6.07) is 7.27. The van der Waals surface area contributed by atoms with E-state index in [2.05, 4.69) is 25.8 Å². The zero-order chi connectivity index (χ0) is 34.3. The van der Waals surface area contributed by atoms with Crippen molar-refractivity contribution in [1.82, 2.24) is 9.88 Å². The molecule has 1 saturated heterocycles. The Morgan fingerprint density at radius 1 is 0.939 bits per heavy atom. The standard InChI is InChI=1S/C41H52F2N2O4/c1-25(46)45(22-27-16-28(42)19-29(43)17-27)23-30-7-8-32-34(48-30)20-33-31-9-10-35-38(2,3)36(49-37(47)18-26-6-5-15-44-21-26)11-12-41(35)24-40(31,41)14-13-39(32,33)4/h5-6,15-17,19,21,30-36H,7-14,18,20,22-24H2,1-4H3/t30?,31?,32?,33?,34?,35?,36-,39?,40-,41?/m0/s1. The van der Waals surface area contributed by atoms with Crippen molar-refractivity contribution in [3.8, 4) is 0 Å². The van der Waals surface area contributed by atoms with Gasteiger partial charge in [0, 0.05) is 43.9 Å². The maximum Gasteiger partial charge on any atom is 0.310 e. The highest BCUT2D eigenvalue weighted by molar-refractivity contribution is 5.73. The van der Waals surface area contributed by atoms with Gasteiger partial charge in [-0.3, -0.25) is 14.6 Å². The molecule has 264 valence electrons. The molecule has 0 bridgehead atoms. The molecule has 0 radical (unpaired) electrons. The van der Waals surface area contributed by atoms with E-state index in [4.69, 9.17) is 9.47 Å². The molecular weight excluding hydrogens is 622 g/mol. The van der Waals surface area contributed by atoms with Crippen LogP contribution in [0.2, 0.25) is 0 Å². The van der Waals surface area contributed by atoms with Crippen LogP contribution in [0.3, 0.4) is 0 Å². The van der Waals surface area contributed by atoms with E-state index in [1.165, 1.54) is 51.2 Å². The Morgan fingerprint density at radius 3 is 2.45 bits per heavy atom. The summed E-state index contributed by atoms with van der Waals surface area (Å²) >= 11 is 0. The second-order valence-electron chi connectivity index (χ2n) is 17.6. The minimum Gasteiger partial charge on any atom is -0.462 e. The Balaban J connectivity index is 0.938. The van der Waals surface area contributed by atoms with Crippen LogP contribution < -0.4 is 0 Å². The first-order valence-electron chi connectivity index (χ1n) is 18.8. The molecule has 1 aromatic heterocycles. The SMILES string of the molecule is CC(=O)N(Cc1cc(F)cc(F)c1)CC1CCC2C(CC3C4CCC5C(C)(C)[C@@H](OC(=O)Cc6cccnc6)CCC56C[C@@]46CCC23C)O1. The largest absolute Gasteiger partial charge is 0.462 e. The summed E-state index contributed by atoms with van der Waals surface area (Å²) in [5.41, 5.74) is 2.34. The van der Waals surface area contributed by atoms with Gasteiger partial charge >= 0.3 is 5.97 Å². The average molecular weight is 675 g/mol. The van der Waals surface area contributed by atoms with Gasteiger partial charge in [0.25, 0.3) is 0 Å². The highest BCUT2D eigenvalue weighted by atomic mass is 19.1. The first-order chi connectivity index (χ1) is 23.3. The number of aromatic nitrogens is 1. The number of pyridine rings is 1. The van der Waals surface area contributed by atoms with Crippen LogP contribution in [0.25, 0.3) is 0 Å². The predicted molar refractivity (Wildman–Crippen MR) is 181 cm³/mol. The predicted octanol–water partition coefficient (Wildman–Crippen LogP) is 8.07. The minimum atomic E-state index is -0.627. The van der Waals surface area contributed by atoms with Crippen LogP contribution in [0.1, 0.15) is 103 Å². The maximum absolute atomic E-state index is 13.9. The summed E-state index contributed by atoms with van der Waals surface area (Å²) in [4.78, 5) is 31.5. The third-order valence-electron chi connectivity index (χ3n) is 15.1. The van der Waals surface area contributed by atoms with E-state index in [1.807, 2.05) is 12.1 Å². The van der Waals surface area contributed by atoms with Crippen molar-refractivity contribution in [3.05, 3.63) is 65.5 Å². The van der Waals surface area contributed by atoms with Gasteiger partial charge in [0.05, 0.1) is 18.6 Å². The van der Waals surface area contributed by atoms with Gasteiger partial charge in [-0.25, -0.2) is 8.78 Å². The fraction of sp³-hybridized carbons (Fsp3) is 0.683. The molecule has 6 fully saturated rings. The van der Waals surface area contributed by atoms with E-state index in [-0.39, 0.29) is 54.0 Å². The molecular formula is C41H52F2N2O4. The number of nitrogens with zero attached hydrogens (tertiary/aromatic N) is 2. The lowest BCUT2D eigenvalue weighted by Gasteiger charge is -2.59. The molecule has 2 aromatic rings. The van der Waals surface area contributed by atoms with Crippen LogP contribution in [0.4, 0.5) is 8.78 Å². The lowest BCUT2D eigenvalue weighted by atomic mass is 9.46. The fourth-order valence-electron chi connectivity index (χ4n) is 13.0. The third-order valence-corrected chi connectivity index (χ3v) is 15.1. The Kier molecular flexibility index (Phi) is 8.05. The smallest absolute Gasteiger partial charge is 0.310 e. The molecule has 8 rings (SSSR count). The highest BCUT2D eigenvalue weighted by Crippen LogP contribution is 2.87. The highest BCUT2D eigenvalue weighted by Gasteiger charge is 2.80. The second-order valence-corrected chi connectivity index (χ2v) is 17.6. The number of benzene rings is 1. The van der Waals surface area contributed by atoms with Crippen LogP contribution in [0.15, 0.2) is 42.7 Å². The van der Waals surface area contributed by atoms with Gasteiger partial charge in [-0.2, -0.15) is 0 Å². The number of hydrogen-bond acceptors (Lipinski definition) is 5. The normalized spacial score (nSPS) is 39.8. The molecule has 49 heavy (non-hydrogen) atoms. The molecule has 1 aliphatic heterocycles. The zero-order valence-electron chi connectivity index (χ0n) is 29.6. The number of hydrogen-bond donors (Lipinski definition) is 0. The van der Waals surface area contributed by atoms with Crippen molar-refractivity contribution in [1.29, 1.82) is 0 Å². The van der Waals surface area contributed by atoms with Gasteiger partial charge in [0.15, 0.2) is 0 Å². The van der Waals surface area contributed by atoms with Gasteiger partial charge in [0.1, 0.15) is 17.7 Å². The number of amides is 1. The molecule has 8 heteroatoms. The van der Waals surface area contributed by atoms with E-state index >= 15 is 0 Å². The van der Waals surface area contributed by atoms with Crippen molar-refractivity contribution in [3.63, 3.8) is 0 Å². The molecule has 8 unspecified atom stereocenters. The molecule has 2 spiro atoms. The first-order valence-corrected chi connectivity index (χ1v) is 18.8. The Bertz CT molecular complexity index is 1600. The number of esters is 1. The Hall–Kier alpha value is -2.87. The molecule has 5 saturated carbocycles. The second kappa shape index (κ2) is 11.8. The van der Waals surface area contributed by atoms with Gasteiger partial charge in [0.2, 0.25) is 5.91 Å². The summed E-state index contributed by atoms with van der Waals surface area (Å²) in [5, 5.41) is 0. The molecule has 6 aliphatic rings. The van der Waals surface area contributed by atoms with Crippen LogP contribution in [-0.2, 0) is 32.0 Å². The molecule has 5 aliphatic carbocycles. The number of carbonyl (C=O) groups excluding carboxylic acids is 2. The molecule has 6 nitrogen and oxygen atoms in total. The topological polar surface area (TPSA) is 68.7 Å². The number of ether oxygens (including phenoxy) is 2. The van der Waals surface area contributed by atoms with Crippen molar-refractivity contribution in [2.24, 2.45) is 45.3 Å². The van der Waals surface area contributed by atoms with Crippen molar-refractivity contribution >= 4 is 11.9 Å². The summed E-state index contributed by atoms with van der Waals surface area (Å²) in [6.07, 6.45) is 15.4. The number of carbonyl (C=O) groups is 2. The third kappa shape index (κ3) is 5.36. The number of rotatable bonds is 7. The van der Waals surface area contributed by atoms with E-state index < -0.39 is 11.6 Å². The van der Waals surface area contributed by atoms with E-state index in [0.29, 0.717) is 46.6 Å². The Labute approximate surface area is 289 Å². The zero-order valence-corrected chi connectivity index (χ0v) is 29.6. The summed E-state index contributed by atoms with van der Waals surface area (Å²) in [7, 11) is 0. The van der Waals surface area contributed by atoms with E-state index in [1.54, 1.807) is 17.3 Å². The maximum atomic E-state index is 13.9. The van der Waals surface area contributed by atoms with Gasteiger partial charge in [-0.15, -0.1) is 0 Å². The van der Waals surface area contributed by atoms with Crippen molar-refractivity contribution in [2.75, 3.05) is 6.54 Å². The van der Waals surface area contributed by atoms with Crippen molar-refractivity contribution < 1.29 is 27.8 Å². The van der Waals surface area contributed by atoms with Gasteiger partial charge in [-0.1, -0.05) is 26.8 Å². The molecule has 10 atom stereocenters. The van der Waals surface area contributed by atoms with Gasteiger partial charge in [-0.05, 0) is 133 Å². The quantitative estimate of drug-likeness (QED) is 0.278. The molecule has 1 amide bonds. The van der Waals surface area contributed by atoms with Crippen LogP contribution >= 0.6 is 0 Å². The molecule has 0 N–H and O–H groups in total. The molecule has 1 aromatic carbocycles. The monoisotopic (exact) mass is 674 g/mol. The van der Waals surface area contributed by atoms with E-state index in [9.17, 15) is 18.4 Å². The Morgan fingerprint density at radius 2 is 1.71 bits per heavy atom. The average Bonchev–Trinajstić information content (AvgIpc) is 3.62. The summed E-state index contributed by atoms with van der Waals surface area (Å²) in [5.74, 6) is 0.958. The number of halogens is 2. The lowest BCUT2D eigenvalue weighted by molar-refractivity contribution is -0.175. The lowest BCUT2D eigenvalue weighted by Crippen LogP contribution is -2.55. The minimum absolute atomic E-state index is 0.0514. The summed E-state index contributed by atoms with van der Waals surface area (Å²) in [6.45, 7) is 9.43. The first kappa shape index (κ1) is 33.3. The van der Waals surface area contributed by atoms with E-state index in [0.717, 1.165) is 43.7 Å². The number of fused-ring (bicyclic) bond motifs is 4. The molecule has 2 heterocycles. The van der Waals surface area contributed by atoms with Crippen LogP contribution in [-0.4, -0.2) is 46.6 Å². The van der Waals surface area contributed by atoms with Crippen LogP contribution in [0, 0.1) is 57.0 Å². The van der Waals surface area contributed by atoms with Gasteiger partial charge < -0.3 is 14.4 Å².